The molecule has 24 heavy (non-hydrogen) atoms. The molecule has 1 N–H and O–H groups in total. The number of aryl methyl sites for hydroxylation is 1. The van der Waals surface area contributed by atoms with Gasteiger partial charge in [-0.15, -0.1) is 0 Å². The number of rotatable bonds is 4. The normalized spacial score (nSPS) is 11.0. The summed E-state index contributed by atoms with van der Waals surface area (Å²) in [6.45, 7) is 7.57. The van der Waals surface area contributed by atoms with Crippen LogP contribution in [0.15, 0.2) is 42.5 Å². The highest BCUT2D eigenvalue weighted by Crippen LogP contribution is 2.27. The van der Waals surface area contributed by atoms with Crippen LogP contribution in [-0.4, -0.2) is 17.0 Å². The molecule has 1 amide bonds. The first kappa shape index (κ1) is 16.6. The van der Waals surface area contributed by atoms with Crippen molar-refractivity contribution in [2.24, 2.45) is 0 Å². The lowest BCUT2D eigenvalue weighted by Gasteiger charge is -2.09. The summed E-state index contributed by atoms with van der Waals surface area (Å²) in [5.74, 6) is -0.0260. The number of nitrogens with zero attached hydrogens (tertiary/aromatic N) is 1. The van der Waals surface area contributed by atoms with Crippen LogP contribution in [-0.2, 0) is 6.54 Å². The zero-order valence-electron chi connectivity index (χ0n) is 14.2. The molecule has 3 nitrogen and oxygen atoms in total. The van der Waals surface area contributed by atoms with Gasteiger partial charge in [-0.3, -0.25) is 4.79 Å². The maximum atomic E-state index is 12.1. The molecule has 0 bridgehead atoms. The third-order valence-corrected chi connectivity index (χ3v) is 4.74. The lowest BCUT2D eigenvalue weighted by molar-refractivity contribution is 0.0956. The van der Waals surface area contributed by atoms with E-state index < -0.39 is 0 Å². The van der Waals surface area contributed by atoms with Gasteiger partial charge in [0.15, 0.2) is 0 Å². The monoisotopic (exact) mass is 340 g/mol. The van der Waals surface area contributed by atoms with Crippen molar-refractivity contribution in [3.8, 4) is 0 Å². The van der Waals surface area contributed by atoms with E-state index in [1.54, 1.807) is 0 Å². The van der Waals surface area contributed by atoms with Crippen LogP contribution in [0, 0.1) is 13.8 Å². The fourth-order valence-corrected chi connectivity index (χ4v) is 3.16. The van der Waals surface area contributed by atoms with Crippen molar-refractivity contribution >= 4 is 28.4 Å². The van der Waals surface area contributed by atoms with Gasteiger partial charge in [-0.1, -0.05) is 23.7 Å². The minimum Gasteiger partial charge on any atom is -0.352 e. The van der Waals surface area contributed by atoms with Crippen LogP contribution in [0.4, 0.5) is 0 Å². The molecule has 1 heterocycles. The summed E-state index contributed by atoms with van der Waals surface area (Å²) in [6.07, 6.45) is 0. The number of hydrogen-bond acceptors (Lipinski definition) is 1. The van der Waals surface area contributed by atoms with Gasteiger partial charge in [0.25, 0.3) is 5.91 Å². The van der Waals surface area contributed by atoms with E-state index in [2.05, 4.69) is 23.7 Å². The SMILES string of the molecule is CCNC(=O)c1ccc2c(c1)c(C)c(C)n2Cc1ccc(Cl)cc1. The number of carbonyl (C=O) groups excluding carboxylic acids is 1. The maximum absolute atomic E-state index is 12.1. The van der Waals surface area contributed by atoms with Gasteiger partial charge in [-0.05, 0) is 62.2 Å². The predicted molar refractivity (Wildman–Crippen MR) is 100.0 cm³/mol. The highest BCUT2D eigenvalue weighted by molar-refractivity contribution is 6.30. The van der Waals surface area contributed by atoms with Crippen molar-refractivity contribution in [3.63, 3.8) is 0 Å². The number of amides is 1. The molecule has 0 aliphatic carbocycles. The summed E-state index contributed by atoms with van der Waals surface area (Å²) in [5.41, 5.74) is 5.48. The third-order valence-electron chi connectivity index (χ3n) is 4.49. The number of benzene rings is 2. The van der Waals surface area contributed by atoms with Gasteiger partial charge in [0, 0.05) is 40.3 Å². The molecule has 0 spiro atoms. The summed E-state index contributed by atoms with van der Waals surface area (Å²) in [4.78, 5) is 12.1. The smallest absolute Gasteiger partial charge is 0.251 e. The van der Waals surface area contributed by atoms with E-state index in [9.17, 15) is 4.79 Å². The minimum atomic E-state index is -0.0260. The number of fused-ring (bicyclic) bond motifs is 1. The Balaban J connectivity index is 2.04. The highest BCUT2D eigenvalue weighted by Gasteiger charge is 2.14. The van der Waals surface area contributed by atoms with E-state index in [1.165, 1.54) is 16.8 Å². The molecule has 4 heteroatoms. The first-order valence-corrected chi connectivity index (χ1v) is 8.51. The molecule has 0 aliphatic rings. The molecule has 0 unspecified atom stereocenters. The first-order chi connectivity index (χ1) is 11.5. The molecule has 0 radical (unpaired) electrons. The molecule has 2 aromatic carbocycles. The van der Waals surface area contributed by atoms with Crippen LogP contribution >= 0.6 is 11.6 Å². The average molecular weight is 341 g/mol. The van der Waals surface area contributed by atoms with Crippen LogP contribution < -0.4 is 5.32 Å². The molecular formula is C20H21ClN2O. The second kappa shape index (κ2) is 6.70. The third kappa shape index (κ3) is 3.04. The highest BCUT2D eigenvalue weighted by atomic mass is 35.5. The van der Waals surface area contributed by atoms with Crippen LogP contribution in [0.3, 0.4) is 0 Å². The molecule has 0 aliphatic heterocycles. The quantitative estimate of drug-likeness (QED) is 0.733. The van der Waals surface area contributed by atoms with Crippen molar-refractivity contribution in [2.45, 2.75) is 27.3 Å². The molecule has 124 valence electrons. The fourth-order valence-electron chi connectivity index (χ4n) is 3.03. The molecule has 1 aromatic heterocycles. The Bertz CT molecular complexity index is 894. The van der Waals surface area contributed by atoms with Crippen molar-refractivity contribution in [1.29, 1.82) is 0 Å². The maximum Gasteiger partial charge on any atom is 0.251 e. The van der Waals surface area contributed by atoms with Gasteiger partial charge in [0.05, 0.1) is 0 Å². The topological polar surface area (TPSA) is 34.0 Å². The summed E-state index contributed by atoms with van der Waals surface area (Å²) in [5, 5.41) is 4.73. The Morgan fingerprint density at radius 1 is 1.12 bits per heavy atom. The Morgan fingerprint density at radius 2 is 1.83 bits per heavy atom. The number of hydrogen-bond donors (Lipinski definition) is 1. The second-order valence-corrected chi connectivity index (χ2v) is 6.45. The minimum absolute atomic E-state index is 0.0260. The van der Waals surface area contributed by atoms with E-state index in [0.29, 0.717) is 12.1 Å². The fraction of sp³-hybridized carbons (Fsp3) is 0.250. The number of carbonyl (C=O) groups is 1. The van der Waals surface area contributed by atoms with Crippen LogP contribution in [0.5, 0.6) is 0 Å². The van der Waals surface area contributed by atoms with Crippen molar-refractivity contribution in [1.82, 2.24) is 9.88 Å². The lowest BCUT2D eigenvalue weighted by Crippen LogP contribution is -2.22. The van der Waals surface area contributed by atoms with Gasteiger partial charge in [0.1, 0.15) is 0 Å². The van der Waals surface area contributed by atoms with Gasteiger partial charge in [0.2, 0.25) is 0 Å². The molecular weight excluding hydrogens is 320 g/mol. The zero-order valence-corrected chi connectivity index (χ0v) is 14.9. The predicted octanol–water partition coefficient (Wildman–Crippen LogP) is 4.71. The van der Waals surface area contributed by atoms with Crippen molar-refractivity contribution < 1.29 is 4.79 Å². The Kier molecular flexibility index (Phi) is 4.63. The van der Waals surface area contributed by atoms with E-state index >= 15 is 0 Å². The molecule has 0 saturated carbocycles. The number of aromatic nitrogens is 1. The van der Waals surface area contributed by atoms with Gasteiger partial charge in [-0.25, -0.2) is 0 Å². The average Bonchev–Trinajstić information content (AvgIpc) is 2.81. The van der Waals surface area contributed by atoms with E-state index in [1.807, 2.05) is 49.4 Å². The van der Waals surface area contributed by atoms with E-state index in [4.69, 9.17) is 11.6 Å². The van der Waals surface area contributed by atoms with Gasteiger partial charge in [-0.2, -0.15) is 0 Å². The molecule has 3 aromatic rings. The lowest BCUT2D eigenvalue weighted by atomic mass is 10.1. The van der Waals surface area contributed by atoms with Crippen LogP contribution in [0.1, 0.15) is 34.1 Å². The summed E-state index contributed by atoms with van der Waals surface area (Å²) in [6, 6.07) is 13.8. The largest absolute Gasteiger partial charge is 0.352 e. The Labute approximate surface area is 147 Å². The molecule has 0 fully saturated rings. The van der Waals surface area contributed by atoms with Crippen molar-refractivity contribution in [2.75, 3.05) is 6.54 Å². The molecule has 0 saturated heterocycles. The molecule has 0 atom stereocenters. The van der Waals surface area contributed by atoms with Gasteiger partial charge >= 0.3 is 0 Å². The first-order valence-electron chi connectivity index (χ1n) is 8.13. The Hall–Kier alpha value is -2.26. The van der Waals surface area contributed by atoms with Gasteiger partial charge < -0.3 is 9.88 Å². The zero-order chi connectivity index (χ0) is 17.3. The van der Waals surface area contributed by atoms with Crippen LogP contribution in [0.25, 0.3) is 10.9 Å². The van der Waals surface area contributed by atoms with Crippen LogP contribution in [0.2, 0.25) is 5.02 Å². The standard InChI is InChI=1S/C20H21ClN2O/c1-4-22-20(24)16-7-10-19-18(11-16)13(2)14(3)23(19)12-15-5-8-17(21)9-6-15/h5-11H,4,12H2,1-3H3,(H,22,24). The van der Waals surface area contributed by atoms with Crippen molar-refractivity contribution in [3.05, 3.63) is 69.9 Å². The number of nitrogens with one attached hydrogen (secondary N) is 1. The Morgan fingerprint density at radius 3 is 2.50 bits per heavy atom. The summed E-state index contributed by atoms with van der Waals surface area (Å²) in [7, 11) is 0. The molecule has 3 rings (SSSR count). The summed E-state index contributed by atoms with van der Waals surface area (Å²) >= 11 is 5.97. The van der Waals surface area contributed by atoms with E-state index in [-0.39, 0.29) is 5.91 Å². The number of halogens is 1. The van der Waals surface area contributed by atoms with E-state index in [0.717, 1.165) is 22.5 Å². The summed E-state index contributed by atoms with van der Waals surface area (Å²) < 4.78 is 2.29. The second-order valence-electron chi connectivity index (χ2n) is 6.01.